The molecule has 0 amide bonds. The normalized spacial score (nSPS) is 19.5. The van der Waals surface area contributed by atoms with Crippen LogP contribution in [0.5, 0.6) is 0 Å². The van der Waals surface area contributed by atoms with Gasteiger partial charge in [-0.15, -0.1) is 0 Å². The number of hydrogen-bond acceptors (Lipinski definition) is 3. The maximum absolute atomic E-state index is 6.01. The number of nitrogens with zero attached hydrogens (tertiary/aromatic N) is 2. The van der Waals surface area contributed by atoms with Crippen molar-refractivity contribution in [3.63, 3.8) is 0 Å². The average Bonchev–Trinajstić information content (AvgIpc) is 2.44. The molecule has 1 heterocycles. The fraction of sp³-hybridized carbons (Fsp3) is 0.625. The maximum atomic E-state index is 6.01. The van der Waals surface area contributed by atoms with Gasteiger partial charge in [0.15, 0.2) is 0 Å². The molecule has 2 rings (SSSR count). The molecule has 0 aliphatic carbocycles. The second-order valence-electron chi connectivity index (χ2n) is 5.58. The first-order chi connectivity index (χ1) is 9.24. The predicted molar refractivity (Wildman–Crippen MR) is 81.3 cm³/mol. The highest BCUT2D eigenvalue weighted by Crippen LogP contribution is 2.21. The van der Waals surface area contributed by atoms with Crippen LogP contribution in [0.1, 0.15) is 30.5 Å². The van der Waals surface area contributed by atoms with Gasteiger partial charge in [0.2, 0.25) is 0 Å². The molecule has 0 bridgehead atoms. The van der Waals surface area contributed by atoms with Crippen molar-refractivity contribution < 1.29 is 0 Å². The minimum Gasteiger partial charge on any atom is -0.329 e. The molecule has 1 fully saturated rings. The van der Waals surface area contributed by atoms with E-state index in [0.29, 0.717) is 12.6 Å². The molecule has 3 nitrogen and oxygen atoms in total. The highest BCUT2D eigenvalue weighted by Gasteiger charge is 2.22. The van der Waals surface area contributed by atoms with Crippen LogP contribution in [-0.2, 0) is 6.42 Å². The molecule has 19 heavy (non-hydrogen) atoms. The molecular formula is C16H27N3. The fourth-order valence-corrected chi connectivity index (χ4v) is 2.82. The number of nitrogens with two attached hydrogens (primary N) is 1. The molecule has 1 aromatic rings. The quantitative estimate of drug-likeness (QED) is 0.878. The molecule has 3 heteroatoms. The van der Waals surface area contributed by atoms with Gasteiger partial charge in [-0.25, -0.2) is 0 Å². The lowest BCUT2D eigenvalue weighted by atomic mass is 10.0. The van der Waals surface area contributed by atoms with Crippen molar-refractivity contribution in [1.82, 2.24) is 9.80 Å². The first-order valence-corrected chi connectivity index (χ1v) is 7.46. The summed E-state index contributed by atoms with van der Waals surface area (Å²) in [5, 5.41) is 0. The predicted octanol–water partition coefficient (Wildman–Crippen LogP) is 1.89. The fourth-order valence-electron chi connectivity index (χ4n) is 2.82. The Morgan fingerprint density at radius 1 is 1.11 bits per heavy atom. The van der Waals surface area contributed by atoms with Crippen LogP contribution in [0.2, 0.25) is 0 Å². The van der Waals surface area contributed by atoms with Gasteiger partial charge in [-0.3, -0.25) is 4.90 Å². The topological polar surface area (TPSA) is 32.5 Å². The molecular weight excluding hydrogens is 234 g/mol. The third-order valence-corrected chi connectivity index (χ3v) is 4.11. The van der Waals surface area contributed by atoms with Crippen molar-refractivity contribution in [3.05, 3.63) is 35.4 Å². The van der Waals surface area contributed by atoms with E-state index in [9.17, 15) is 0 Å². The monoisotopic (exact) mass is 261 g/mol. The lowest BCUT2D eigenvalue weighted by Gasteiger charge is -2.37. The standard InChI is InChI=1S/C16H27N3/c1-3-4-14-5-7-15(8-6-14)16(13-17)19-11-9-18(2)10-12-19/h5-8,16H,3-4,9-13,17H2,1-2H3. The first-order valence-electron chi connectivity index (χ1n) is 7.46. The van der Waals surface area contributed by atoms with E-state index in [1.54, 1.807) is 0 Å². The van der Waals surface area contributed by atoms with Crippen LogP contribution in [0.25, 0.3) is 0 Å². The Morgan fingerprint density at radius 2 is 1.74 bits per heavy atom. The van der Waals surface area contributed by atoms with E-state index in [0.717, 1.165) is 26.2 Å². The zero-order chi connectivity index (χ0) is 13.7. The van der Waals surface area contributed by atoms with Crippen molar-refractivity contribution in [3.8, 4) is 0 Å². The Morgan fingerprint density at radius 3 is 2.26 bits per heavy atom. The highest BCUT2D eigenvalue weighted by molar-refractivity contribution is 5.25. The molecule has 1 aliphatic heterocycles. The van der Waals surface area contributed by atoms with Gasteiger partial charge in [0, 0.05) is 38.8 Å². The van der Waals surface area contributed by atoms with Crippen molar-refractivity contribution in [2.45, 2.75) is 25.8 Å². The number of hydrogen-bond donors (Lipinski definition) is 1. The van der Waals surface area contributed by atoms with Crippen LogP contribution in [0.3, 0.4) is 0 Å². The third-order valence-electron chi connectivity index (χ3n) is 4.11. The number of benzene rings is 1. The van der Waals surface area contributed by atoms with Gasteiger partial charge < -0.3 is 10.6 Å². The highest BCUT2D eigenvalue weighted by atomic mass is 15.3. The average molecular weight is 261 g/mol. The Balaban J connectivity index is 2.04. The molecule has 1 unspecified atom stereocenters. The Labute approximate surface area is 117 Å². The van der Waals surface area contributed by atoms with Gasteiger partial charge in [0.25, 0.3) is 0 Å². The first kappa shape index (κ1) is 14.5. The van der Waals surface area contributed by atoms with E-state index >= 15 is 0 Å². The van der Waals surface area contributed by atoms with Crippen LogP contribution >= 0.6 is 0 Å². The van der Waals surface area contributed by atoms with Crippen LogP contribution in [0.15, 0.2) is 24.3 Å². The smallest absolute Gasteiger partial charge is 0.0471 e. The second-order valence-corrected chi connectivity index (χ2v) is 5.58. The van der Waals surface area contributed by atoms with E-state index in [1.165, 1.54) is 24.0 Å². The van der Waals surface area contributed by atoms with Crippen molar-refractivity contribution in [1.29, 1.82) is 0 Å². The summed E-state index contributed by atoms with van der Waals surface area (Å²) in [5.41, 5.74) is 8.81. The molecule has 1 saturated heterocycles. The zero-order valence-corrected chi connectivity index (χ0v) is 12.3. The maximum Gasteiger partial charge on any atom is 0.0471 e. The molecule has 0 saturated carbocycles. The van der Waals surface area contributed by atoms with Gasteiger partial charge >= 0.3 is 0 Å². The number of aryl methyl sites for hydroxylation is 1. The second kappa shape index (κ2) is 7.04. The third kappa shape index (κ3) is 3.78. The summed E-state index contributed by atoms with van der Waals surface area (Å²) in [7, 11) is 2.19. The van der Waals surface area contributed by atoms with E-state index in [1.807, 2.05) is 0 Å². The van der Waals surface area contributed by atoms with Crippen LogP contribution in [-0.4, -0.2) is 49.6 Å². The number of likely N-dealkylation sites (N-methyl/N-ethyl adjacent to an activating group) is 1. The van der Waals surface area contributed by atoms with Gasteiger partial charge in [0.05, 0.1) is 0 Å². The van der Waals surface area contributed by atoms with E-state index < -0.39 is 0 Å². The molecule has 1 aromatic carbocycles. The molecule has 106 valence electrons. The molecule has 1 atom stereocenters. The van der Waals surface area contributed by atoms with E-state index in [4.69, 9.17) is 5.73 Å². The largest absolute Gasteiger partial charge is 0.329 e. The summed E-state index contributed by atoms with van der Waals surface area (Å²) in [6.45, 7) is 7.46. The summed E-state index contributed by atoms with van der Waals surface area (Å²) in [6, 6.07) is 9.43. The summed E-state index contributed by atoms with van der Waals surface area (Å²) in [5.74, 6) is 0. The van der Waals surface area contributed by atoms with E-state index in [2.05, 4.69) is 48.0 Å². The number of rotatable bonds is 5. The van der Waals surface area contributed by atoms with Gasteiger partial charge in [0.1, 0.15) is 0 Å². The Hall–Kier alpha value is -0.900. The lowest BCUT2D eigenvalue weighted by molar-refractivity contribution is 0.114. The molecule has 2 N–H and O–H groups in total. The number of piperazine rings is 1. The zero-order valence-electron chi connectivity index (χ0n) is 12.3. The summed E-state index contributed by atoms with van der Waals surface area (Å²) < 4.78 is 0. The Kier molecular flexibility index (Phi) is 5.37. The van der Waals surface area contributed by atoms with Gasteiger partial charge in [-0.2, -0.15) is 0 Å². The molecule has 1 aliphatic rings. The molecule has 0 aromatic heterocycles. The van der Waals surface area contributed by atoms with Crippen LogP contribution in [0.4, 0.5) is 0 Å². The minimum absolute atomic E-state index is 0.379. The summed E-state index contributed by atoms with van der Waals surface area (Å²) in [4.78, 5) is 4.91. The SMILES string of the molecule is CCCc1ccc(C(CN)N2CCN(C)CC2)cc1. The van der Waals surface area contributed by atoms with Crippen LogP contribution in [0, 0.1) is 0 Å². The molecule has 0 spiro atoms. The summed E-state index contributed by atoms with van der Waals surface area (Å²) >= 11 is 0. The lowest BCUT2D eigenvalue weighted by Crippen LogP contribution is -2.47. The van der Waals surface area contributed by atoms with Crippen molar-refractivity contribution in [2.24, 2.45) is 5.73 Å². The molecule has 0 radical (unpaired) electrons. The van der Waals surface area contributed by atoms with Gasteiger partial charge in [-0.05, 0) is 24.6 Å². The van der Waals surface area contributed by atoms with Crippen LogP contribution < -0.4 is 5.73 Å². The summed E-state index contributed by atoms with van der Waals surface area (Å²) in [6.07, 6.45) is 2.38. The van der Waals surface area contributed by atoms with Crippen molar-refractivity contribution >= 4 is 0 Å². The van der Waals surface area contributed by atoms with E-state index in [-0.39, 0.29) is 0 Å². The van der Waals surface area contributed by atoms with Gasteiger partial charge in [-0.1, -0.05) is 37.6 Å². The minimum atomic E-state index is 0.379. The Bertz CT molecular complexity index is 366. The van der Waals surface area contributed by atoms with Crippen molar-refractivity contribution in [2.75, 3.05) is 39.8 Å².